The molecule has 0 spiro atoms. The van der Waals surface area contributed by atoms with E-state index in [0.29, 0.717) is 18.8 Å². The van der Waals surface area contributed by atoms with E-state index < -0.39 is 5.41 Å². The number of nitrogens with zero attached hydrogens (tertiary/aromatic N) is 1. The minimum Gasteiger partial charge on any atom is -0.298 e. The maximum Gasteiger partial charge on any atom is 0.150 e. The lowest BCUT2D eigenvalue weighted by Gasteiger charge is -2.23. The molecule has 80 valence electrons. The zero-order valence-electron chi connectivity index (χ0n) is 9.76. The Bertz CT molecular complexity index is 227. The van der Waals surface area contributed by atoms with Crippen molar-refractivity contribution in [2.45, 2.75) is 53.4 Å². The van der Waals surface area contributed by atoms with Gasteiger partial charge in [-0.2, -0.15) is 5.26 Å². The lowest BCUT2D eigenvalue weighted by molar-refractivity contribution is -0.124. The van der Waals surface area contributed by atoms with Gasteiger partial charge in [-0.25, -0.2) is 0 Å². The van der Waals surface area contributed by atoms with Crippen LogP contribution >= 0.6 is 0 Å². The van der Waals surface area contributed by atoms with Gasteiger partial charge in [0, 0.05) is 0 Å². The summed E-state index contributed by atoms with van der Waals surface area (Å²) in [5.74, 6) is 0.585. The summed E-state index contributed by atoms with van der Waals surface area (Å²) >= 11 is 0. The summed E-state index contributed by atoms with van der Waals surface area (Å²) < 4.78 is 0. The SMILES string of the molecule is CCCC(C#N)(CCC(C)C)C(C)=O. The van der Waals surface area contributed by atoms with Crippen LogP contribution in [0.4, 0.5) is 0 Å². The van der Waals surface area contributed by atoms with Gasteiger partial charge in [-0.15, -0.1) is 0 Å². The molecular formula is C12H21NO. The summed E-state index contributed by atoms with van der Waals surface area (Å²) in [5.41, 5.74) is -0.709. The Labute approximate surface area is 87.3 Å². The lowest BCUT2D eigenvalue weighted by Crippen LogP contribution is -2.27. The molecule has 14 heavy (non-hydrogen) atoms. The van der Waals surface area contributed by atoms with Crippen LogP contribution in [-0.2, 0) is 4.79 Å². The topological polar surface area (TPSA) is 40.9 Å². The van der Waals surface area contributed by atoms with Gasteiger partial charge in [0.1, 0.15) is 11.2 Å². The first kappa shape index (κ1) is 13.2. The summed E-state index contributed by atoms with van der Waals surface area (Å²) in [4.78, 5) is 11.5. The fraction of sp³-hybridized carbons (Fsp3) is 0.833. The second-order valence-corrected chi connectivity index (χ2v) is 4.43. The van der Waals surface area contributed by atoms with Crippen LogP contribution in [0.2, 0.25) is 0 Å². The van der Waals surface area contributed by atoms with Crippen LogP contribution in [0.1, 0.15) is 53.4 Å². The van der Waals surface area contributed by atoms with Crippen LogP contribution in [0.3, 0.4) is 0 Å². The number of hydrogen-bond donors (Lipinski definition) is 0. The third-order valence-corrected chi connectivity index (χ3v) is 2.71. The molecule has 0 aliphatic rings. The number of carbonyl (C=O) groups is 1. The van der Waals surface area contributed by atoms with E-state index in [4.69, 9.17) is 5.26 Å². The Hall–Kier alpha value is -0.840. The molecule has 0 fully saturated rings. The second kappa shape index (κ2) is 5.80. The van der Waals surface area contributed by atoms with Crippen molar-refractivity contribution >= 4 is 5.78 Å². The van der Waals surface area contributed by atoms with Crippen molar-refractivity contribution in [2.24, 2.45) is 11.3 Å². The van der Waals surface area contributed by atoms with Crippen molar-refractivity contribution in [3.8, 4) is 6.07 Å². The molecule has 0 aliphatic carbocycles. The van der Waals surface area contributed by atoms with Crippen LogP contribution in [-0.4, -0.2) is 5.78 Å². The van der Waals surface area contributed by atoms with Gasteiger partial charge in [-0.05, 0) is 32.1 Å². The minimum absolute atomic E-state index is 0.0301. The molecule has 0 aliphatic heterocycles. The second-order valence-electron chi connectivity index (χ2n) is 4.43. The Morgan fingerprint density at radius 1 is 1.43 bits per heavy atom. The number of ketones is 1. The standard InChI is InChI=1S/C12H21NO/c1-5-7-12(9-13,11(4)14)8-6-10(2)3/h10H,5-8H2,1-4H3. The molecule has 0 N–H and O–H groups in total. The fourth-order valence-corrected chi connectivity index (χ4v) is 1.63. The highest BCUT2D eigenvalue weighted by molar-refractivity contribution is 5.85. The highest BCUT2D eigenvalue weighted by Crippen LogP contribution is 2.31. The van der Waals surface area contributed by atoms with Crippen molar-refractivity contribution in [1.29, 1.82) is 5.26 Å². The van der Waals surface area contributed by atoms with Crippen LogP contribution in [0.5, 0.6) is 0 Å². The molecule has 2 heteroatoms. The highest BCUT2D eigenvalue weighted by atomic mass is 16.1. The van der Waals surface area contributed by atoms with Crippen LogP contribution in [0, 0.1) is 22.7 Å². The van der Waals surface area contributed by atoms with E-state index in [1.807, 2.05) is 6.92 Å². The first-order valence-electron chi connectivity index (χ1n) is 5.40. The van der Waals surface area contributed by atoms with Gasteiger partial charge >= 0.3 is 0 Å². The van der Waals surface area contributed by atoms with Crippen LogP contribution < -0.4 is 0 Å². The zero-order valence-corrected chi connectivity index (χ0v) is 9.76. The smallest absolute Gasteiger partial charge is 0.150 e. The predicted octanol–water partition coefficient (Wildman–Crippen LogP) is 3.32. The quantitative estimate of drug-likeness (QED) is 0.652. The summed E-state index contributed by atoms with van der Waals surface area (Å²) in [6.45, 7) is 7.80. The van der Waals surface area contributed by atoms with E-state index in [2.05, 4.69) is 19.9 Å². The van der Waals surface area contributed by atoms with E-state index in [9.17, 15) is 4.79 Å². The van der Waals surface area contributed by atoms with Crippen molar-refractivity contribution < 1.29 is 4.79 Å². The molecule has 0 heterocycles. The molecule has 0 saturated carbocycles. The fourth-order valence-electron chi connectivity index (χ4n) is 1.63. The van der Waals surface area contributed by atoms with Crippen molar-refractivity contribution in [3.05, 3.63) is 0 Å². The molecule has 2 nitrogen and oxygen atoms in total. The summed E-state index contributed by atoms with van der Waals surface area (Å²) in [5, 5.41) is 9.12. The molecule has 0 bridgehead atoms. The molecular weight excluding hydrogens is 174 g/mol. The van der Waals surface area contributed by atoms with E-state index in [1.54, 1.807) is 6.92 Å². The Balaban J connectivity index is 4.52. The lowest BCUT2D eigenvalue weighted by atomic mass is 9.76. The maximum atomic E-state index is 11.5. The summed E-state index contributed by atoms with van der Waals surface area (Å²) in [7, 11) is 0. The van der Waals surface area contributed by atoms with E-state index >= 15 is 0 Å². The maximum absolute atomic E-state index is 11.5. The number of nitriles is 1. The first-order valence-corrected chi connectivity index (χ1v) is 5.40. The van der Waals surface area contributed by atoms with Crippen molar-refractivity contribution in [2.75, 3.05) is 0 Å². The average molecular weight is 195 g/mol. The molecule has 0 aromatic carbocycles. The van der Waals surface area contributed by atoms with Crippen molar-refractivity contribution in [3.63, 3.8) is 0 Å². The van der Waals surface area contributed by atoms with Gasteiger partial charge in [0.15, 0.2) is 0 Å². The minimum atomic E-state index is -0.709. The summed E-state index contributed by atoms with van der Waals surface area (Å²) in [6, 6.07) is 2.22. The van der Waals surface area contributed by atoms with Crippen LogP contribution in [0.15, 0.2) is 0 Å². The number of Topliss-reactive ketones (excluding diaryl/α,β-unsaturated/α-hetero) is 1. The monoisotopic (exact) mass is 195 g/mol. The van der Waals surface area contributed by atoms with Crippen molar-refractivity contribution in [1.82, 2.24) is 0 Å². The molecule has 1 atom stereocenters. The molecule has 0 saturated heterocycles. The molecule has 0 aromatic heterocycles. The largest absolute Gasteiger partial charge is 0.298 e. The highest BCUT2D eigenvalue weighted by Gasteiger charge is 2.34. The van der Waals surface area contributed by atoms with E-state index in [0.717, 1.165) is 12.8 Å². The van der Waals surface area contributed by atoms with Gasteiger partial charge in [-0.3, -0.25) is 4.79 Å². The third kappa shape index (κ3) is 3.49. The van der Waals surface area contributed by atoms with E-state index in [-0.39, 0.29) is 5.78 Å². The first-order chi connectivity index (χ1) is 6.48. The molecule has 0 aromatic rings. The molecule has 1 unspecified atom stereocenters. The normalized spacial score (nSPS) is 14.9. The Morgan fingerprint density at radius 3 is 2.29 bits per heavy atom. The third-order valence-electron chi connectivity index (χ3n) is 2.71. The molecule has 0 amide bonds. The number of carbonyl (C=O) groups excluding carboxylic acids is 1. The van der Waals surface area contributed by atoms with Gasteiger partial charge in [0.2, 0.25) is 0 Å². The molecule has 0 rings (SSSR count). The Morgan fingerprint density at radius 2 is 2.00 bits per heavy atom. The van der Waals surface area contributed by atoms with Gasteiger partial charge in [-0.1, -0.05) is 27.2 Å². The van der Waals surface area contributed by atoms with Gasteiger partial charge in [0.05, 0.1) is 6.07 Å². The number of rotatable bonds is 6. The summed E-state index contributed by atoms with van der Waals surface area (Å²) in [6.07, 6.45) is 3.26. The molecule has 0 radical (unpaired) electrons. The van der Waals surface area contributed by atoms with Gasteiger partial charge in [0.25, 0.3) is 0 Å². The Kier molecular flexibility index (Phi) is 5.45. The van der Waals surface area contributed by atoms with Crippen LogP contribution in [0.25, 0.3) is 0 Å². The number of hydrogen-bond acceptors (Lipinski definition) is 2. The van der Waals surface area contributed by atoms with E-state index in [1.165, 1.54) is 0 Å². The average Bonchev–Trinajstić information content (AvgIpc) is 2.11. The van der Waals surface area contributed by atoms with Gasteiger partial charge < -0.3 is 0 Å². The zero-order chi connectivity index (χ0) is 11.2. The predicted molar refractivity (Wildman–Crippen MR) is 57.7 cm³/mol.